The molecule has 0 atom stereocenters. The molecule has 4 rings (SSSR count). The number of carbonyl (C=O) groups is 1. The van der Waals surface area contributed by atoms with Gasteiger partial charge >= 0.3 is 0 Å². The van der Waals surface area contributed by atoms with Crippen molar-refractivity contribution in [3.05, 3.63) is 88.9 Å². The van der Waals surface area contributed by atoms with E-state index in [1.54, 1.807) is 17.8 Å². The molecule has 0 radical (unpaired) electrons. The topological polar surface area (TPSA) is 68.5 Å². The molecule has 2 aromatic carbocycles. The zero-order valence-electron chi connectivity index (χ0n) is 16.6. The lowest BCUT2D eigenvalue weighted by molar-refractivity contribution is 0.102. The molecule has 0 spiro atoms. The molecule has 2 heterocycles. The van der Waals surface area contributed by atoms with Crippen molar-refractivity contribution in [2.45, 2.75) is 20.3 Å². The molecule has 0 aliphatic carbocycles. The number of anilines is 1. The van der Waals surface area contributed by atoms with Gasteiger partial charge in [-0.3, -0.25) is 4.79 Å². The number of nitrogens with zero attached hydrogens (tertiary/aromatic N) is 3. The van der Waals surface area contributed by atoms with E-state index in [1.165, 1.54) is 5.56 Å². The molecule has 1 N–H and O–H groups in total. The number of carbonyl (C=O) groups excluding carboxylic acids is 1. The molecule has 1 amide bonds. The van der Waals surface area contributed by atoms with E-state index in [0.29, 0.717) is 17.7 Å². The monoisotopic (exact) mass is 386 g/mol. The van der Waals surface area contributed by atoms with E-state index in [2.05, 4.69) is 27.5 Å². The Morgan fingerprint density at radius 2 is 1.90 bits per heavy atom. The van der Waals surface area contributed by atoms with Gasteiger partial charge < -0.3 is 10.1 Å². The van der Waals surface area contributed by atoms with Crippen LogP contribution in [0.1, 0.15) is 32.9 Å². The van der Waals surface area contributed by atoms with E-state index in [1.807, 2.05) is 56.3 Å². The molecule has 29 heavy (non-hydrogen) atoms. The first-order chi connectivity index (χ1) is 14.0. The molecule has 0 saturated carbocycles. The van der Waals surface area contributed by atoms with Crippen LogP contribution in [0.15, 0.2) is 60.8 Å². The molecule has 0 aliphatic heterocycles. The maximum Gasteiger partial charge on any atom is 0.259 e. The van der Waals surface area contributed by atoms with Crippen molar-refractivity contribution < 1.29 is 9.53 Å². The third-order valence-electron chi connectivity index (χ3n) is 4.87. The van der Waals surface area contributed by atoms with Crippen LogP contribution in [0.5, 0.6) is 5.75 Å². The van der Waals surface area contributed by atoms with Crippen molar-refractivity contribution in [1.82, 2.24) is 14.6 Å². The molecule has 0 aliphatic rings. The second-order valence-corrected chi connectivity index (χ2v) is 6.96. The summed E-state index contributed by atoms with van der Waals surface area (Å²) >= 11 is 0. The maximum atomic E-state index is 12.9. The Bertz CT molecular complexity index is 1180. The SMILES string of the molecule is COc1ccc(NC(=O)c2cnc3cc(C)nn3c2C)cc1Cc1ccccc1. The molecule has 0 fully saturated rings. The first-order valence-electron chi connectivity index (χ1n) is 9.39. The quantitative estimate of drug-likeness (QED) is 0.558. The molecule has 0 saturated heterocycles. The van der Waals surface area contributed by atoms with Crippen LogP contribution in [0.25, 0.3) is 5.65 Å². The Balaban J connectivity index is 1.61. The summed E-state index contributed by atoms with van der Waals surface area (Å²) in [5.41, 5.74) is 5.71. The van der Waals surface area contributed by atoms with E-state index < -0.39 is 0 Å². The molecule has 2 aromatic heterocycles. The Morgan fingerprint density at radius 1 is 1.10 bits per heavy atom. The van der Waals surface area contributed by atoms with Gasteiger partial charge in [0.05, 0.1) is 24.1 Å². The van der Waals surface area contributed by atoms with E-state index in [0.717, 1.165) is 28.3 Å². The number of hydrogen-bond acceptors (Lipinski definition) is 4. The van der Waals surface area contributed by atoms with Crippen LogP contribution in [0.3, 0.4) is 0 Å². The highest BCUT2D eigenvalue weighted by Gasteiger charge is 2.15. The van der Waals surface area contributed by atoms with Crippen LogP contribution in [-0.2, 0) is 6.42 Å². The van der Waals surface area contributed by atoms with Crippen molar-refractivity contribution in [3.8, 4) is 5.75 Å². The van der Waals surface area contributed by atoms with Gasteiger partial charge in [-0.15, -0.1) is 0 Å². The van der Waals surface area contributed by atoms with Gasteiger partial charge in [0.2, 0.25) is 0 Å². The first-order valence-corrected chi connectivity index (χ1v) is 9.39. The number of methoxy groups -OCH3 is 1. The van der Waals surface area contributed by atoms with Crippen LogP contribution >= 0.6 is 0 Å². The molecule has 146 valence electrons. The van der Waals surface area contributed by atoms with Gasteiger partial charge in [0.1, 0.15) is 5.75 Å². The number of rotatable bonds is 5. The van der Waals surface area contributed by atoms with Crippen LogP contribution < -0.4 is 10.1 Å². The second kappa shape index (κ2) is 7.75. The zero-order valence-corrected chi connectivity index (χ0v) is 16.6. The van der Waals surface area contributed by atoms with Crippen molar-refractivity contribution in [2.24, 2.45) is 0 Å². The maximum absolute atomic E-state index is 12.9. The number of hydrogen-bond donors (Lipinski definition) is 1. The largest absolute Gasteiger partial charge is 0.496 e. The molecule has 0 bridgehead atoms. The lowest BCUT2D eigenvalue weighted by atomic mass is 10.0. The average molecular weight is 386 g/mol. The molecular formula is C23H22N4O2. The standard InChI is InChI=1S/C23H22N4O2/c1-15-11-22-24-14-20(16(2)27(22)26-15)23(28)25-19-9-10-21(29-3)18(13-19)12-17-7-5-4-6-8-17/h4-11,13-14H,12H2,1-3H3,(H,25,28). The predicted octanol–water partition coefficient (Wildman–Crippen LogP) is 4.20. The molecule has 6 nitrogen and oxygen atoms in total. The highest BCUT2D eigenvalue weighted by molar-refractivity contribution is 6.05. The fourth-order valence-corrected chi connectivity index (χ4v) is 3.39. The number of aryl methyl sites for hydroxylation is 2. The third-order valence-corrected chi connectivity index (χ3v) is 4.87. The number of ether oxygens (including phenoxy) is 1. The summed E-state index contributed by atoms with van der Waals surface area (Å²) in [6.07, 6.45) is 2.31. The number of amides is 1. The van der Waals surface area contributed by atoms with Gasteiger partial charge in [-0.05, 0) is 37.6 Å². The fraction of sp³-hybridized carbons (Fsp3) is 0.174. The molecule has 6 heteroatoms. The third kappa shape index (κ3) is 3.82. The Hall–Kier alpha value is -3.67. The summed E-state index contributed by atoms with van der Waals surface area (Å²) in [6, 6.07) is 17.7. The Kier molecular flexibility index (Phi) is 4.99. The van der Waals surface area contributed by atoms with E-state index in [4.69, 9.17) is 4.74 Å². The van der Waals surface area contributed by atoms with Gasteiger partial charge in [0.15, 0.2) is 5.65 Å². The van der Waals surface area contributed by atoms with Crippen LogP contribution in [0, 0.1) is 13.8 Å². The van der Waals surface area contributed by atoms with Gasteiger partial charge in [-0.25, -0.2) is 9.50 Å². The highest BCUT2D eigenvalue weighted by Crippen LogP contribution is 2.26. The second-order valence-electron chi connectivity index (χ2n) is 6.96. The average Bonchev–Trinajstić information content (AvgIpc) is 3.10. The predicted molar refractivity (Wildman–Crippen MR) is 113 cm³/mol. The first kappa shape index (κ1) is 18.7. The molecular weight excluding hydrogens is 364 g/mol. The summed E-state index contributed by atoms with van der Waals surface area (Å²) in [7, 11) is 1.65. The van der Waals surface area contributed by atoms with E-state index in [-0.39, 0.29) is 5.91 Å². The van der Waals surface area contributed by atoms with Gasteiger partial charge in [0, 0.05) is 29.9 Å². The molecule has 0 unspecified atom stereocenters. The number of aromatic nitrogens is 3. The summed E-state index contributed by atoms with van der Waals surface area (Å²) in [5.74, 6) is 0.569. The summed E-state index contributed by atoms with van der Waals surface area (Å²) in [4.78, 5) is 17.2. The Labute approximate surface area is 169 Å². The minimum Gasteiger partial charge on any atom is -0.496 e. The number of benzene rings is 2. The van der Waals surface area contributed by atoms with Gasteiger partial charge in [-0.2, -0.15) is 5.10 Å². The minimum absolute atomic E-state index is 0.221. The van der Waals surface area contributed by atoms with Gasteiger partial charge in [-0.1, -0.05) is 30.3 Å². The Morgan fingerprint density at radius 3 is 2.66 bits per heavy atom. The van der Waals surface area contributed by atoms with Crippen LogP contribution in [-0.4, -0.2) is 27.6 Å². The van der Waals surface area contributed by atoms with Crippen molar-refractivity contribution >= 4 is 17.2 Å². The fourth-order valence-electron chi connectivity index (χ4n) is 3.39. The van der Waals surface area contributed by atoms with E-state index >= 15 is 0 Å². The minimum atomic E-state index is -0.221. The molecule has 4 aromatic rings. The van der Waals surface area contributed by atoms with E-state index in [9.17, 15) is 4.79 Å². The number of nitrogens with one attached hydrogen (secondary N) is 1. The normalized spacial score (nSPS) is 10.9. The summed E-state index contributed by atoms with van der Waals surface area (Å²) < 4.78 is 7.19. The number of fused-ring (bicyclic) bond motifs is 1. The lowest BCUT2D eigenvalue weighted by Gasteiger charge is -2.13. The van der Waals surface area contributed by atoms with Crippen molar-refractivity contribution in [2.75, 3.05) is 12.4 Å². The summed E-state index contributed by atoms with van der Waals surface area (Å²) in [5, 5.41) is 7.38. The lowest BCUT2D eigenvalue weighted by Crippen LogP contribution is -2.16. The zero-order chi connectivity index (χ0) is 20.4. The van der Waals surface area contributed by atoms with Gasteiger partial charge in [0.25, 0.3) is 5.91 Å². The summed E-state index contributed by atoms with van der Waals surface area (Å²) in [6.45, 7) is 3.77. The highest BCUT2D eigenvalue weighted by atomic mass is 16.5. The van der Waals surface area contributed by atoms with Crippen LogP contribution in [0.4, 0.5) is 5.69 Å². The van der Waals surface area contributed by atoms with Crippen LogP contribution in [0.2, 0.25) is 0 Å². The smallest absolute Gasteiger partial charge is 0.259 e. The van der Waals surface area contributed by atoms with Crippen molar-refractivity contribution in [1.29, 1.82) is 0 Å². The van der Waals surface area contributed by atoms with Crippen molar-refractivity contribution in [3.63, 3.8) is 0 Å².